The Morgan fingerprint density at radius 3 is 2.65 bits per heavy atom. The van der Waals surface area contributed by atoms with Crippen molar-refractivity contribution in [1.82, 2.24) is 5.32 Å². The van der Waals surface area contributed by atoms with Crippen LogP contribution >= 0.6 is 0 Å². The van der Waals surface area contributed by atoms with Gasteiger partial charge >= 0.3 is 0 Å². The normalized spacial score (nSPS) is 16.6. The topological polar surface area (TPSA) is 38.3 Å². The summed E-state index contributed by atoms with van der Waals surface area (Å²) in [4.78, 5) is 12.3. The molecule has 0 spiro atoms. The summed E-state index contributed by atoms with van der Waals surface area (Å²) < 4.78 is 5.10. The molecule has 1 N–H and O–H groups in total. The van der Waals surface area contributed by atoms with Gasteiger partial charge in [-0.2, -0.15) is 0 Å². The minimum absolute atomic E-state index is 0.0330. The van der Waals surface area contributed by atoms with Gasteiger partial charge in [0.25, 0.3) is 5.91 Å². The van der Waals surface area contributed by atoms with E-state index >= 15 is 0 Å². The molecule has 0 radical (unpaired) electrons. The summed E-state index contributed by atoms with van der Waals surface area (Å²) in [5.41, 5.74) is 3.25. The van der Waals surface area contributed by atoms with Crippen LogP contribution in [0.2, 0.25) is 0 Å². The zero-order valence-electron chi connectivity index (χ0n) is 11.4. The summed E-state index contributed by atoms with van der Waals surface area (Å²) in [6, 6.07) is 15.6. The highest BCUT2D eigenvalue weighted by atomic mass is 16.5. The minimum Gasteiger partial charge on any atom is -0.497 e. The number of carbonyl (C=O) groups excluding carboxylic acids is 1. The zero-order chi connectivity index (χ0) is 13.9. The summed E-state index contributed by atoms with van der Waals surface area (Å²) in [5, 5.41) is 3.11. The molecule has 0 aliphatic heterocycles. The molecule has 20 heavy (non-hydrogen) atoms. The van der Waals surface area contributed by atoms with E-state index in [0.29, 0.717) is 5.56 Å². The molecular formula is C17H17NO2. The first kappa shape index (κ1) is 12.7. The zero-order valence-corrected chi connectivity index (χ0v) is 11.4. The van der Waals surface area contributed by atoms with Gasteiger partial charge < -0.3 is 10.1 Å². The van der Waals surface area contributed by atoms with Crippen molar-refractivity contribution < 1.29 is 9.53 Å². The third kappa shape index (κ3) is 2.39. The number of benzene rings is 2. The molecule has 0 saturated carbocycles. The molecule has 3 nitrogen and oxygen atoms in total. The SMILES string of the molecule is COc1ccc(C(=O)N[C@H]2CCc3ccccc32)cc1. The van der Waals surface area contributed by atoms with E-state index in [4.69, 9.17) is 4.74 Å². The molecule has 0 bridgehead atoms. The van der Waals surface area contributed by atoms with Gasteiger partial charge in [0, 0.05) is 5.56 Å². The van der Waals surface area contributed by atoms with E-state index in [2.05, 4.69) is 17.4 Å². The maximum atomic E-state index is 12.3. The quantitative estimate of drug-likeness (QED) is 0.928. The van der Waals surface area contributed by atoms with Crippen LogP contribution in [-0.2, 0) is 6.42 Å². The van der Waals surface area contributed by atoms with Crippen molar-refractivity contribution in [3.8, 4) is 5.75 Å². The molecule has 0 fully saturated rings. The first-order valence-electron chi connectivity index (χ1n) is 6.80. The van der Waals surface area contributed by atoms with Crippen LogP contribution in [0.4, 0.5) is 0 Å². The average Bonchev–Trinajstić information content (AvgIpc) is 2.91. The predicted molar refractivity (Wildman–Crippen MR) is 78.0 cm³/mol. The molecule has 1 aliphatic rings. The van der Waals surface area contributed by atoms with Crippen LogP contribution in [0.5, 0.6) is 5.75 Å². The number of amides is 1. The molecule has 2 aromatic rings. The van der Waals surface area contributed by atoms with E-state index in [1.165, 1.54) is 11.1 Å². The van der Waals surface area contributed by atoms with Gasteiger partial charge in [0.1, 0.15) is 5.75 Å². The average molecular weight is 267 g/mol. The molecule has 1 amide bonds. The van der Waals surface area contributed by atoms with Crippen LogP contribution in [0.3, 0.4) is 0 Å². The highest BCUT2D eigenvalue weighted by Gasteiger charge is 2.23. The predicted octanol–water partition coefficient (Wildman–Crippen LogP) is 3.11. The molecule has 1 aliphatic carbocycles. The number of hydrogen-bond acceptors (Lipinski definition) is 2. The Morgan fingerprint density at radius 1 is 1.15 bits per heavy atom. The molecule has 0 unspecified atom stereocenters. The van der Waals surface area contributed by atoms with Gasteiger partial charge in [-0.15, -0.1) is 0 Å². The maximum Gasteiger partial charge on any atom is 0.251 e. The Bertz CT molecular complexity index is 619. The van der Waals surface area contributed by atoms with Crippen LogP contribution in [0.15, 0.2) is 48.5 Å². The summed E-state index contributed by atoms with van der Waals surface area (Å²) in [7, 11) is 1.62. The van der Waals surface area contributed by atoms with E-state index in [-0.39, 0.29) is 11.9 Å². The molecule has 0 aromatic heterocycles. The van der Waals surface area contributed by atoms with Gasteiger partial charge in [0.2, 0.25) is 0 Å². The Kier molecular flexibility index (Phi) is 3.42. The number of fused-ring (bicyclic) bond motifs is 1. The number of methoxy groups -OCH3 is 1. The lowest BCUT2D eigenvalue weighted by Gasteiger charge is -2.14. The van der Waals surface area contributed by atoms with Crippen LogP contribution < -0.4 is 10.1 Å². The molecule has 2 aromatic carbocycles. The summed E-state index contributed by atoms with van der Waals surface area (Å²) in [6.45, 7) is 0. The van der Waals surface area contributed by atoms with Crippen LogP contribution in [0, 0.1) is 0 Å². The fourth-order valence-corrected chi connectivity index (χ4v) is 2.69. The fraction of sp³-hybridized carbons (Fsp3) is 0.235. The Balaban J connectivity index is 1.73. The van der Waals surface area contributed by atoms with Crippen LogP contribution in [0.1, 0.15) is 33.9 Å². The smallest absolute Gasteiger partial charge is 0.251 e. The monoisotopic (exact) mass is 267 g/mol. The van der Waals surface area contributed by atoms with E-state index in [0.717, 1.165) is 18.6 Å². The lowest BCUT2D eigenvalue weighted by atomic mass is 10.1. The molecule has 3 rings (SSSR count). The first-order chi connectivity index (χ1) is 9.78. The van der Waals surface area contributed by atoms with E-state index in [1.807, 2.05) is 12.1 Å². The third-order valence-electron chi connectivity index (χ3n) is 3.79. The largest absolute Gasteiger partial charge is 0.497 e. The number of aryl methyl sites for hydroxylation is 1. The number of nitrogens with one attached hydrogen (secondary N) is 1. The van der Waals surface area contributed by atoms with E-state index in [1.54, 1.807) is 31.4 Å². The standard InChI is InChI=1S/C17H17NO2/c1-20-14-9-6-13(7-10-14)17(19)18-16-11-8-12-4-2-3-5-15(12)16/h2-7,9-10,16H,8,11H2,1H3,(H,18,19)/t16-/m0/s1. The van der Waals surface area contributed by atoms with Crippen molar-refractivity contribution in [3.05, 3.63) is 65.2 Å². The van der Waals surface area contributed by atoms with Crippen molar-refractivity contribution in [2.45, 2.75) is 18.9 Å². The summed E-state index contributed by atoms with van der Waals surface area (Å²) >= 11 is 0. The Labute approximate surface area is 118 Å². The van der Waals surface area contributed by atoms with Crippen molar-refractivity contribution in [2.24, 2.45) is 0 Å². The van der Waals surface area contributed by atoms with Crippen molar-refractivity contribution in [1.29, 1.82) is 0 Å². The lowest BCUT2D eigenvalue weighted by Crippen LogP contribution is -2.27. The van der Waals surface area contributed by atoms with Gasteiger partial charge in [0.15, 0.2) is 0 Å². The number of rotatable bonds is 3. The third-order valence-corrected chi connectivity index (χ3v) is 3.79. The van der Waals surface area contributed by atoms with Gasteiger partial charge in [-0.3, -0.25) is 4.79 Å². The second-order valence-electron chi connectivity index (χ2n) is 4.99. The van der Waals surface area contributed by atoms with Crippen molar-refractivity contribution in [3.63, 3.8) is 0 Å². The first-order valence-corrected chi connectivity index (χ1v) is 6.80. The fourth-order valence-electron chi connectivity index (χ4n) is 2.69. The van der Waals surface area contributed by atoms with Gasteiger partial charge in [-0.1, -0.05) is 24.3 Å². The molecule has 0 heterocycles. The Hall–Kier alpha value is -2.29. The van der Waals surface area contributed by atoms with E-state index in [9.17, 15) is 4.79 Å². The molecule has 3 heteroatoms. The lowest BCUT2D eigenvalue weighted by molar-refractivity contribution is 0.0936. The maximum absolute atomic E-state index is 12.3. The number of hydrogen-bond donors (Lipinski definition) is 1. The number of ether oxygens (including phenoxy) is 1. The van der Waals surface area contributed by atoms with Gasteiger partial charge in [0.05, 0.1) is 13.2 Å². The number of carbonyl (C=O) groups is 1. The van der Waals surface area contributed by atoms with Crippen molar-refractivity contribution >= 4 is 5.91 Å². The van der Waals surface area contributed by atoms with Crippen LogP contribution in [0.25, 0.3) is 0 Å². The molecule has 102 valence electrons. The highest BCUT2D eigenvalue weighted by molar-refractivity contribution is 5.94. The summed E-state index contributed by atoms with van der Waals surface area (Å²) in [5.74, 6) is 0.724. The van der Waals surface area contributed by atoms with Crippen LogP contribution in [-0.4, -0.2) is 13.0 Å². The Morgan fingerprint density at radius 2 is 1.90 bits per heavy atom. The summed E-state index contributed by atoms with van der Waals surface area (Å²) in [6.07, 6.45) is 2.00. The van der Waals surface area contributed by atoms with Crippen molar-refractivity contribution in [2.75, 3.05) is 7.11 Å². The van der Waals surface area contributed by atoms with Gasteiger partial charge in [-0.05, 0) is 48.2 Å². The molecule has 0 saturated heterocycles. The second kappa shape index (κ2) is 5.37. The minimum atomic E-state index is -0.0330. The molecular weight excluding hydrogens is 250 g/mol. The molecule has 1 atom stereocenters. The highest BCUT2D eigenvalue weighted by Crippen LogP contribution is 2.30. The second-order valence-corrected chi connectivity index (χ2v) is 4.99. The van der Waals surface area contributed by atoms with Gasteiger partial charge in [-0.25, -0.2) is 0 Å². The van der Waals surface area contributed by atoms with E-state index < -0.39 is 0 Å².